The number of amides is 1. The fourth-order valence-electron chi connectivity index (χ4n) is 4.81. The topological polar surface area (TPSA) is 110 Å². The van der Waals surface area contributed by atoms with Crippen molar-refractivity contribution in [3.8, 4) is 5.75 Å². The first-order chi connectivity index (χ1) is 18.0. The lowest BCUT2D eigenvalue weighted by Gasteiger charge is -2.33. The summed E-state index contributed by atoms with van der Waals surface area (Å²) in [5.41, 5.74) is 0.971. The van der Waals surface area contributed by atoms with Gasteiger partial charge >= 0.3 is 5.97 Å². The second kappa shape index (κ2) is 11.4. The van der Waals surface area contributed by atoms with Crippen molar-refractivity contribution in [2.24, 2.45) is 0 Å². The monoisotopic (exact) mass is 555 g/mol. The van der Waals surface area contributed by atoms with Gasteiger partial charge in [0.25, 0.3) is 5.91 Å². The maximum atomic E-state index is 13.5. The molecule has 38 heavy (non-hydrogen) atoms. The Morgan fingerprint density at radius 2 is 1.71 bits per heavy atom. The van der Waals surface area contributed by atoms with Crippen LogP contribution in [0.5, 0.6) is 5.75 Å². The van der Waals surface area contributed by atoms with Crippen LogP contribution in [0, 0.1) is 0 Å². The van der Waals surface area contributed by atoms with E-state index in [4.69, 9.17) is 4.74 Å². The van der Waals surface area contributed by atoms with Crippen LogP contribution >= 0.6 is 11.8 Å². The summed E-state index contributed by atoms with van der Waals surface area (Å²) in [5, 5.41) is 14.8. The van der Waals surface area contributed by atoms with E-state index in [9.17, 15) is 23.1 Å². The minimum absolute atomic E-state index is 0.101. The molecule has 1 fully saturated rings. The van der Waals surface area contributed by atoms with Gasteiger partial charge in [-0.3, -0.25) is 4.79 Å². The van der Waals surface area contributed by atoms with Crippen molar-refractivity contribution in [1.29, 1.82) is 0 Å². The lowest BCUT2D eigenvalue weighted by Crippen LogP contribution is -2.53. The van der Waals surface area contributed by atoms with Crippen LogP contribution in [0.25, 0.3) is 10.8 Å². The Balaban J connectivity index is 1.61. The molecule has 1 aliphatic carbocycles. The predicted octanol–water partition coefficient (Wildman–Crippen LogP) is 5.46. The van der Waals surface area contributed by atoms with Crippen molar-refractivity contribution in [2.45, 2.75) is 67.1 Å². The van der Waals surface area contributed by atoms with Crippen LogP contribution in [0.15, 0.2) is 65.6 Å². The minimum Gasteiger partial charge on any atom is -0.487 e. The molecule has 2 N–H and O–H groups in total. The Kier molecular flexibility index (Phi) is 8.37. The summed E-state index contributed by atoms with van der Waals surface area (Å²) in [6.07, 6.45) is 5.56. The SMILES string of the molecule is CC(C)(SC1CCCC1)[C@H](NC(=O)c1ccc2ccccc2c1OCc1ccc(S(C)(=O)=O)cc1)C(=O)O. The Morgan fingerprint density at radius 3 is 2.34 bits per heavy atom. The van der Waals surface area contributed by atoms with Crippen molar-refractivity contribution >= 4 is 44.2 Å². The molecule has 1 atom stereocenters. The number of aliphatic carboxylic acids is 1. The first kappa shape index (κ1) is 28.0. The van der Waals surface area contributed by atoms with Gasteiger partial charge in [-0.25, -0.2) is 13.2 Å². The molecule has 202 valence electrons. The molecule has 1 saturated carbocycles. The number of carboxylic acids is 1. The van der Waals surface area contributed by atoms with Crippen LogP contribution in [0.4, 0.5) is 0 Å². The molecule has 1 amide bonds. The van der Waals surface area contributed by atoms with Gasteiger partial charge in [0.05, 0.1) is 10.5 Å². The molecule has 0 radical (unpaired) electrons. The Morgan fingerprint density at radius 1 is 1.05 bits per heavy atom. The highest BCUT2D eigenvalue weighted by Gasteiger charge is 2.40. The molecule has 7 nitrogen and oxygen atoms in total. The third-order valence-electron chi connectivity index (χ3n) is 6.85. The smallest absolute Gasteiger partial charge is 0.327 e. The number of ether oxygens (including phenoxy) is 1. The van der Waals surface area contributed by atoms with Crippen molar-refractivity contribution < 1.29 is 27.9 Å². The van der Waals surface area contributed by atoms with Gasteiger partial charge in [-0.2, -0.15) is 0 Å². The molecule has 4 rings (SSSR count). The number of fused-ring (bicyclic) bond motifs is 1. The highest BCUT2D eigenvalue weighted by atomic mass is 32.2. The zero-order valence-corrected chi connectivity index (χ0v) is 23.4. The van der Waals surface area contributed by atoms with E-state index in [2.05, 4.69) is 5.32 Å². The number of benzene rings is 3. The molecule has 0 spiro atoms. The van der Waals surface area contributed by atoms with Crippen LogP contribution in [0.3, 0.4) is 0 Å². The van der Waals surface area contributed by atoms with Gasteiger partial charge in [0.1, 0.15) is 18.4 Å². The highest BCUT2D eigenvalue weighted by Crippen LogP contribution is 2.40. The average molecular weight is 556 g/mol. The fourth-order valence-corrected chi connectivity index (χ4v) is 7.17. The van der Waals surface area contributed by atoms with Crippen molar-refractivity contribution in [3.63, 3.8) is 0 Å². The van der Waals surface area contributed by atoms with Crippen molar-refractivity contribution in [2.75, 3.05) is 6.26 Å². The number of carboxylic acid groups (broad SMARTS) is 1. The van der Waals surface area contributed by atoms with Crippen LogP contribution < -0.4 is 10.1 Å². The van der Waals surface area contributed by atoms with Gasteiger partial charge in [0, 0.05) is 21.6 Å². The van der Waals surface area contributed by atoms with Gasteiger partial charge in [-0.1, -0.05) is 55.3 Å². The van der Waals surface area contributed by atoms with E-state index < -0.39 is 32.5 Å². The third-order valence-corrected chi connectivity index (χ3v) is 9.63. The van der Waals surface area contributed by atoms with E-state index in [1.807, 2.05) is 44.2 Å². The van der Waals surface area contributed by atoms with Crippen LogP contribution in [-0.2, 0) is 21.2 Å². The molecule has 0 aliphatic heterocycles. The zero-order chi connectivity index (χ0) is 27.5. The molecule has 3 aromatic rings. The summed E-state index contributed by atoms with van der Waals surface area (Å²) in [6.45, 7) is 3.84. The number of carbonyl (C=O) groups is 2. The standard InChI is InChI=1S/C29H33NO6S2/c1-29(2,37-21-9-5-6-10-21)26(28(32)33)30-27(31)24-17-14-20-8-4-7-11-23(20)25(24)36-18-19-12-15-22(16-13-19)38(3,34)35/h4,7-8,11-17,21,26H,5-6,9-10,18H2,1-3H3,(H,30,31)(H,32,33)/t26-/m1/s1. The maximum absolute atomic E-state index is 13.5. The first-order valence-electron chi connectivity index (χ1n) is 12.6. The first-order valence-corrected chi connectivity index (χ1v) is 15.4. The van der Waals surface area contributed by atoms with Crippen LogP contribution in [0.2, 0.25) is 0 Å². The molecule has 1 aliphatic rings. The normalized spacial score (nSPS) is 15.3. The summed E-state index contributed by atoms with van der Waals surface area (Å²) < 4.78 is 29.0. The van der Waals surface area contributed by atoms with E-state index in [-0.39, 0.29) is 17.1 Å². The number of hydrogen-bond donors (Lipinski definition) is 2. The average Bonchev–Trinajstić information content (AvgIpc) is 3.37. The summed E-state index contributed by atoms with van der Waals surface area (Å²) in [6, 6.07) is 16.2. The van der Waals surface area contributed by atoms with Gasteiger partial charge < -0.3 is 15.2 Å². The molecule has 0 saturated heterocycles. The summed E-state index contributed by atoms with van der Waals surface area (Å²) in [4.78, 5) is 26.0. The van der Waals surface area contributed by atoms with Gasteiger partial charge in [0.15, 0.2) is 9.84 Å². The number of hydrogen-bond acceptors (Lipinski definition) is 6. The lowest BCUT2D eigenvalue weighted by molar-refractivity contribution is -0.139. The molecule has 0 bridgehead atoms. The number of carbonyl (C=O) groups excluding carboxylic acids is 1. The van der Waals surface area contributed by atoms with E-state index >= 15 is 0 Å². The lowest BCUT2D eigenvalue weighted by atomic mass is 10.0. The number of nitrogens with one attached hydrogen (secondary N) is 1. The molecular formula is C29H33NO6S2. The van der Waals surface area contributed by atoms with E-state index in [1.165, 1.54) is 12.1 Å². The highest BCUT2D eigenvalue weighted by molar-refractivity contribution is 8.01. The van der Waals surface area contributed by atoms with Gasteiger partial charge in [0.2, 0.25) is 0 Å². The number of sulfone groups is 1. The summed E-state index contributed by atoms with van der Waals surface area (Å²) in [5.74, 6) is -1.26. The maximum Gasteiger partial charge on any atom is 0.327 e. The second-order valence-electron chi connectivity index (χ2n) is 10.2. The Labute approximate surface area is 227 Å². The van der Waals surface area contributed by atoms with Crippen LogP contribution in [-0.4, -0.2) is 47.7 Å². The third kappa shape index (κ3) is 6.50. The fraction of sp³-hybridized carbons (Fsp3) is 0.379. The minimum atomic E-state index is -3.32. The second-order valence-corrected chi connectivity index (χ2v) is 14.2. The number of rotatable bonds is 10. The molecular weight excluding hydrogens is 522 g/mol. The van der Waals surface area contributed by atoms with E-state index in [1.54, 1.807) is 30.0 Å². The Hall–Kier alpha value is -3.04. The molecule has 0 unspecified atom stereocenters. The van der Waals surface area contributed by atoms with E-state index in [0.717, 1.165) is 48.3 Å². The molecule has 9 heteroatoms. The van der Waals surface area contributed by atoms with E-state index in [0.29, 0.717) is 11.0 Å². The summed E-state index contributed by atoms with van der Waals surface area (Å²) in [7, 11) is -3.32. The van der Waals surface area contributed by atoms with Gasteiger partial charge in [-0.15, -0.1) is 11.8 Å². The molecule has 3 aromatic carbocycles. The quantitative estimate of drug-likeness (QED) is 0.342. The van der Waals surface area contributed by atoms with Crippen LogP contribution in [0.1, 0.15) is 55.5 Å². The van der Waals surface area contributed by atoms with Crippen molar-refractivity contribution in [1.82, 2.24) is 5.32 Å². The van der Waals surface area contributed by atoms with Crippen molar-refractivity contribution in [3.05, 3.63) is 71.8 Å². The zero-order valence-electron chi connectivity index (χ0n) is 21.8. The number of thioether (sulfide) groups is 1. The summed E-state index contributed by atoms with van der Waals surface area (Å²) >= 11 is 1.63. The molecule has 0 aromatic heterocycles. The Bertz CT molecular complexity index is 1430. The predicted molar refractivity (Wildman–Crippen MR) is 151 cm³/mol. The van der Waals surface area contributed by atoms with Gasteiger partial charge in [-0.05, 0) is 55.8 Å². The molecule has 0 heterocycles. The largest absolute Gasteiger partial charge is 0.487 e.